The average Bonchev–Trinajstić information content (AvgIpc) is 3.60. The van der Waals surface area contributed by atoms with Crippen LogP contribution in [0.1, 0.15) is 20.8 Å². The molecule has 0 aromatic carbocycles. The molecule has 184 valence electrons. The van der Waals surface area contributed by atoms with E-state index in [1.807, 2.05) is 39.0 Å². The van der Waals surface area contributed by atoms with Gasteiger partial charge in [0.15, 0.2) is 10.8 Å². The molecule has 8 nitrogen and oxygen atoms in total. The predicted octanol–water partition coefficient (Wildman–Crippen LogP) is 6.42. The summed E-state index contributed by atoms with van der Waals surface area (Å²) in [6, 6.07) is 9.08. The van der Waals surface area contributed by atoms with Crippen LogP contribution in [0.2, 0.25) is 0 Å². The second kappa shape index (κ2) is 8.59. The first-order chi connectivity index (χ1) is 17.8. The Hall–Kier alpha value is -4.44. The van der Waals surface area contributed by atoms with Gasteiger partial charge in [-0.1, -0.05) is 20.8 Å². The molecular weight excluding hydrogens is 489 g/mol. The van der Waals surface area contributed by atoms with E-state index in [4.69, 9.17) is 0 Å². The van der Waals surface area contributed by atoms with Crippen LogP contribution in [-0.4, -0.2) is 36.0 Å². The van der Waals surface area contributed by atoms with E-state index in [0.717, 1.165) is 54.9 Å². The normalized spacial score (nSPS) is 11.9. The molecule has 3 N–H and O–H groups in total. The van der Waals surface area contributed by atoms with Crippen LogP contribution >= 0.6 is 11.3 Å². The van der Waals surface area contributed by atoms with Gasteiger partial charge in [0.1, 0.15) is 5.69 Å². The summed E-state index contributed by atoms with van der Waals surface area (Å²) in [5, 5.41) is 11.9. The molecule has 10 heteroatoms. The van der Waals surface area contributed by atoms with Crippen LogP contribution in [0.15, 0.2) is 61.3 Å². The van der Waals surface area contributed by atoms with Gasteiger partial charge in [-0.25, -0.2) is 4.98 Å². The number of hydrogen-bond acceptors (Lipinski definition) is 6. The van der Waals surface area contributed by atoms with Gasteiger partial charge in [-0.3, -0.25) is 19.9 Å². The van der Waals surface area contributed by atoms with Gasteiger partial charge in [-0.05, 0) is 30.3 Å². The van der Waals surface area contributed by atoms with E-state index >= 15 is 0 Å². The molecule has 6 aromatic rings. The Bertz CT molecular complexity index is 1790. The lowest BCUT2D eigenvalue weighted by Crippen LogP contribution is -2.27. The molecular formula is C27H22FN7OS. The van der Waals surface area contributed by atoms with Crippen LogP contribution in [0.25, 0.3) is 54.9 Å². The maximum absolute atomic E-state index is 13.7. The van der Waals surface area contributed by atoms with Crippen LogP contribution in [0.5, 0.6) is 0 Å². The summed E-state index contributed by atoms with van der Waals surface area (Å²) >= 11 is 1.09. The van der Waals surface area contributed by atoms with Crippen molar-refractivity contribution in [1.29, 1.82) is 0 Å². The number of aromatic amines is 2. The Balaban J connectivity index is 1.40. The summed E-state index contributed by atoms with van der Waals surface area (Å²) in [6.07, 6.45) is 8.59. The first-order valence-corrected chi connectivity index (χ1v) is 12.4. The number of fused-ring (bicyclic) bond motifs is 2. The molecule has 0 saturated heterocycles. The second-order valence-corrected chi connectivity index (χ2v) is 10.8. The predicted molar refractivity (Wildman–Crippen MR) is 144 cm³/mol. The molecule has 0 bridgehead atoms. The summed E-state index contributed by atoms with van der Waals surface area (Å²) in [4.78, 5) is 29.8. The third-order valence-corrected chi connectivity index (χ3v) is 6.97. The number of aromatic nitrogens is 6. The fraction of sp³-hybridized carbons (Fsp3) is 0.148. The number of nitrogens with zero attached hydrogens (tertiary/aromatic N) is 4. The highest BCUT2D eigenvalue weighted by molar-refractivity contribution is 7.14. The number of hydrogen-bond donors (Lipinski definition) is 3. The minimum atomic E-state index is -0.519. The third kappa shape index (κ3) is 4.25. The third-order valence-electron chi connectivity index (χ3n) is 6.07. The molecule has 0 aliphatic carbocycles. The topological polar surface area (TPSA) is 112 Å². The number of amides is 1. The van der Waals surface area contributed by atoms with E-state index in [9.17, 15) is 9.18 Å². The number of carbonyl (C=O) groups excluding carboxylic acids is 1. The lowest BCUT2D eigenvalue weighted by atomic mass is 9.95. The van der Waals surface area contributed by atoms with Gasteiger partial charge in [0.2, 0.25) is 5.91 Å². The smallest absolute Gasteiger partial charge is 0.229 e. The molecule has 0 unspecified atom stereocenters. The van der Waals surface area contributed by atoms with Gasteiger partial charge in [-0.15, -0.1) is 11.3 Å². The highest BCUT2D eigenvalue weighted by Crippen LogP contribution is 2.36. The van der Waals surface area contributed by atoms with Crippen LogP contribution < -0.4 is 5.32 Å². The van der Waals surface area contributed by atoms with E-state index in [1.165, 1.54) is 6.07 Å². The molecule has 0 spiro atoms. The van der Waals surface area contributed by atoms with Gasteiger partial charge < -0.3 is 10.3 Å². The van der Waals surface area contributed by atoms with E-state index in [-0.39, 0.29) is 11.0 Å². The highest BCUT2D eigenvalue weighted by Gasteiger charge is 2.21. The summed E-state index contributed by atoms with van der Waals surface area (Å²) in [7, 11) is 0. The Morgan fingerprint density at radius 3 is 2.57 bits per heavy atom. The Labute approximate surface area is 215 Å². The fourth-order valence-electron chi connectivity index (χ4n) is 4.09. The zero-order valence-electron chi connectivity index (χ0n) is 20.3. The van der Waals surface area contributed by atoms with E-state index in [0.29, 0.717) is 17.0 Å². The lowest BCUT2D eigenvalue weighted by Gasteiger charge is -2.17. The van der Waals surface area contributed by atoms with Crippen molar-refractivity contribution in [3.05, 3.63) is 66.4 Å². The van der Waals surface area contributed by atoms with Crippen molar-refractivity contribution >= 4 is 44.9 Å². The summed E-state index contributed by atoms with van der Waals surface area (Å²) in [6.45, 7) is 5.58. The number of anilines is 1. The molecule has 0 atom stereocenters. The van der Waals surface area contributed by atoms with Crippen molar-refractivity contribution in [1.82, 2.24) is 30.1 Å². The minimum absolute atomic E-state index is 0.0879. The molecule has 0 radical (unpaired) electrons. The largest absolute Gasteiger partial charge is 0.352 e. The van der Waals surface area contributed by atoms with Crippen molar-refractivity contribution in [2.75, 3.05) is 5.32 Å². The number of thiophene rings is 1. The van der Waals surface area contributed by atoms with Gasteiger partial charge in [0.05, 0.1) is 29.3 Å². The molecule has 0 fully saturated rings. The average molecular weight is 512 g/mol. The number of carbonyl (C=O) groups is 1. The number of halogens is 1. The monoisotopic (exact) mass is 511 g/mol. The summed E-state index contributed by atoms with van der Waals surface area (Å²) < 4.78 is 13.7. The number of rotatable bonds is 4. The maximum Gasteiger partial charge on any atom is 0.229 e. The van der Waals surface area contributed by atoms with Gasteiger partial charge >= 0.3 is 0 Å². The molecule has 6 heterocycles. The molecule has 6 aromatic heterocycles. The van der Waals surface area contributed by atoms with E-state index in [1.54, 1.807) is 37.1 Å². The Morgan fingerprint density at radius 2 is 1.78 bits per heavy atom. The standard InChI is InChI=1S/C27H22FN7OS/c1-27(2,3)26(36)32-16-6-14(9-29-11-16)15-7-18-24(34-35-25(18)31-10-15)20-8-17-19(12-30-13-21(17)33-20)22-4-5-23(28)37-22/h4-13,33H,1-3H3,(H,32,36)(H,31,34,35). The Morgan fingerprint density at radius 1 is 0.973 bits per heavy atom. The zero-order chi connectivity index (χ0) is 25.7. The van der Waals surface area contributed by atoms with Gasteiger partial charge in [0.25, 0.3) is 0 Å². The van der Waals surface area contributed by atoms with E-state index in [2.05, 4.69) is 35.5 Å². The quantitative estimate of drug-likeness (QED) is 0.253. The number of pyridine rings is 3. The first kappa shape index (κ1) is 23.0. The van der Waals surface area contributed by atoms with E-state index < -0.39 is 5.41 Å². The van der Waals surface area contributed by atoms with Gasteiger partial charge in [0, 0.05) is 56.3 Å². The SMILES string of the molecule is CC(C)(C)C(=O)Nc1cncc(-c2cnc3[nH]nc(-c4cc5c(-c6ccc(F)s6)cncc5[nH]4)c3c2)c1. The molecule has 0 aliphatic heterocycles. The molecule has 6 rings (SSSR count). The van der Waals surface area contributed by atoms with Crippen molar-refractivity contribution in [2.24, 2.45) is 5.41 Å². The lowest BCUT2D eigenvalue weighted by molar-refractivity contribution is -0.123. The van der Waals surface area contributed by atoms with Crippen molar-refractivity contribution in [2.45, 2.75) is 20.8 Å². The number of nitrogens with one attached hydrogen (secondary N) is 3. The molecule has 0 aliphatic rings. The van der Waals surface area contributed by atoms with Crippen molar-refractivity contribution in [3.8, 4) is 33.0 Å². The summed E-state index contributed by atoms with van der Waals surface area (Å²) in [5.41, 5.74) is 5.56. The first-order valence-electron chi connectivity index (χ1n) is 11.6. The summed E-state index contributed by atoms with van der Waals surface area (Å²) in [5.74, 6) is -0.0879. The van der Waals surface area contributed by atoms with Crippen LogP contribution in [0.4, 0.5) is 10.1 Å². The molecule has 0 saturated carbocycles. The van der Waals surface area contributed by atoms with Crippen LogP contribution in [0.3, 0.4) is 0 Å². The highest BCUT2D eigenvalue weighted by atomic mass is 32.1. The zero-order valence-corrected chi connectivity index (χ0v) is 21.1. The van der Waals surface area contributed by atoms with Crippen LogP contribution in [-0.2, 0) is 4.79 Å². The fourth-order valence-corrected chi connectivity index (χ4v) is 4.84. The minimum Gasteiger partial charge on any atom is -0.352 e. The Kier molecular flexibility index (Phi) is 5.34. The molecule has 1 amide bonds. The van der Waals surface area contributed by atoms with Crippen molar-refractivity contribution in [3.63, 3.8) is 0 Å². The van der Waals surface area contributed by atoms with Crippen LogP contribution in [0, 0.1) is 10.5 Å². The maximum atomic E-state index is 13.7. The number of H-pyrrole nitrogens is 2. The van der Waals surface area contributed by atoms with Gasteiger partial charge in [-0.2, -0.15) is 9.49 Å². The van der Waals surface area contributed by atoms with Crippen molar-refractivity contribution < 1.29 is 9.18 Å². The second-order valence-electron chi connectivity index (χ2n) is 9.79. The molecule has 37 heavy (non-hydrogen) atoms.